The topological polar surface area (TPSA) is 64.0 Å². The Balaban J connectivity index is 1.79. The average molecular weight is 343 g/mol. The maximum atomic E-state index is 12.3. The smallest absolute Gasteiger partial charge is 0.240 e. The summed E-state index contributed by atoms with van der Waals surface area (Å²) < 4.78 is 29.4. The quantitative estimate of drug-likeness (QED) is 0.772. The fourth-order valence-electron chi connectivity index (χ4n) is 2.58. The number of hydrogen-bond acceptors (Lipinski definition) is 3. The minimum Gasteiger partial charge on any atom is -0.328 e. The number of aromatic nitrogens is 2. The first-order chi connectivity index (χ1) is 11.4. The van der Waals surface area contributed by atoms with Gasteiger partial charge in [0, 0.05) is 12.6 Å². The number of hydrogen-bond donors (Lipinski definition) is 1. The lowest BCUT2D eigenvalue weighted by atomic mass is 10.2. The van der Waals surface area contributed by atoms with Crippen LogP contribution in [0.3, 0.4) is 0 Å². The van der Waals surface area contributed by atoms with E-state index in [1.54, 1.807) is 24.3 Å². The summed E-state index contributed by atoms with van der Waals surface area (Å²) in [7, 11) is -3.51. The zero-order valence-corrected chi connectivity index (χ0v) is 14.8. The largest absolute Gasteiger partial charge is 0.328 e. The first-order valence-corrected chi connectivity index (χ1v) is 9.37. The molecule has 1 heterocycles. The van der Waals surface area contributed by atoms with E-state index in [0.29, 0.717) is 6.04 Å². The number of aryl methyl sites for hydroxylation is 1. The van der Waals surface area contributed by atoms with Crippen LogP contribution >= 0.6 is 0 Å². The van der Waals surface area contributed by atoms with Gasteiger partial charge in [-0.25, -0.2) is 18.1 Å². The molecule has 0 radical (unpaired) electrons. The minimum absolute atomic E-state index is 0.237. The monoisotopic (exact) mass is 343 g/mol. The van der Waals surface area contributed by atoms with Crippen molar-refractivity contribution in [3.05, 3.63) is 59.9 Å². The molecule has 0 spiro atoms. The predicted molar refractivity (Wildman–Crippen MR) is 95.3 cm³/mol. The van der Waals surface area contributed by atoms with Crippen LogP contribution < -0.4 is 4.72 Å². The van der Waals surface area contributed by atoms with E-state index in [0.717, 1.165) is 22.2 Å². The molecule has 3 aromatic rings. The Labute approximate surface area is 142 Å². The average Bonchev–Trinajstić information content (AvgIpc) is 2.97. The Bertz CT molecular complexity index is 958. The van der Waals surface area contributed by atoms with Gasteiger partial charge in [0.25, 0.3) is 0 Å². The molecule has 0 atom stereocenters. The van der Waals surface area contributed by atoms with Crippen LogP contribution in [0.2, 0.25) is 0 Å². The van der Waals surface area contributed by atoms with Crippen LogP contribution in [0.1, 0.15) is 31.0 Å². The van der Waals surface area contributed by atoms with Crippen LogP contribution in [0.15, 0.2) is 53.7 Å². The van der Waals surface area contributed by atoms with Crippen molar-refractivity contribution in [2.75, 3.05) is 0 Å². The first-order valence-electron chi connectivity index (χ1n) is 7.88. The van der Waals surface area contributed by atoms with E-state index in [1.807, 2.05) is 31.5 Å². The lowest BCUT2D eigenvalue weighted by Crippen LogP contribution is -2.23. The molecule has 0 saturated heterocycles. The fraction of sp³-hybridized carbons (Fsp3) is 0.278. The van der Waals surface area contributed by atoms with Gasteiger partial charge in [0.05, 0.1) is 22.3 Å². The third kappa shape index (κ3) is 3.34. The Morgan fingerprint density at radius 1 is 1.12 bits per heavy atom. The minimum atomic E-state index is -3.51. The van der Waals surface area contributed by atoms with Crippen molar-refractivity contribution in [2.45, 2.75) is 38.3 Å². The van der Waals surface area contributed by atoms with Crippen LogP contribution in [0.25, 0.3) is 11.0 Å². The van der Waals surface area contributed by atoms with Gasteiger partial charge in [-0.15, -0.1) is 0 Å². The summed E-state index contributed by atoms with van der Waals surface area (Å²) in [4.78, 5) is 4.67. The number of imidazole rings is 1. The van der Waals surface area contributed by atoms with Gasteiger partial charge in [-0.1, -0.05) is 23.8 Å². The van der Waals surface area contributed by atoms with Crippen molar-refractivity contribution in [1.82, 2.24) is 14.3 Å². The first kappa shape index (κ1) is 16.7. The standard InChI is InChI=1S/C18H21N3O2S/c1-13(2)21-12-19-17-10-15(6-9-18(17)21)11-20-24(22,23)16-7-4-14(3)5-8-16/h4-10,12-13,20H,11H2,1-3H3. The molecule has 1 N–H and O–H groups in total. The summed E-state index contributed by atoms with van der Waals surface area (Å²) in [6.07, 6.45) is 1.82. The molecule has 24 heavy (non-hydrogen) atoms. The fourth-order valence-corrected chi connectivity index (χ4v) is 3.60. The Hall–Kier alpha value is -2.18. The molecule has 2 aromatic carbocycles. The molecule has 0 unspecified atom stereocenters. The van der Waals surface area contributed by atoms with E-state index in [-0.39, 0.29) is 11.4 Å². The van der Waals surface area contributed by atoms with Crippen LogP contribution in [0, 0.1) is 6.92 Å². The van der Waals surface area contributed by atoms with Crippen molar-refractivity contribution in [1.29, 1.82) is 0 Å². The normalized spacial score (nSPS) is 12.2. The van der Waals surface area contributed by atoms with Crippen molar-refractivity contribution in [3.63, 3.8) is 0 Å². The number of nitrogens with one attached hydrogen (secondary N) is 1. The summed E-state index contributed by atoms with van der Waals surface area (Å²) >= 11 is 0. The van der Waals surface area contributed by atoms with E-state index in [4.69, 9.17) is 0 Å². The summed E-state index contributed by atoms with van der Waals surface area (Å²) in [6, 6.07) is 13.0. The van der Waals surface area contributed by atoms with Gasteiger partial charge in [0.2, 0.25) is 10.0 Å². The third-order valence-electron chi connectivity index (χ3n) is 3.99. The molecule has 0 aliphatic heterocycles. The van der Waals surface area contributed by atoms with Crippen LogP contribution in [0.5, 0.6) is 0 Å². The van der Waals surface area contributed by atoms with E-state index in [1.165, 1.54) is 0 Å². The number of rotatable bonds is 5. The second-order valence-corrected chi connectivity index (χ2v) is 7.97. The lowest BCUT2D eigenvalue weighted by molar-refractivity contribution is 0.581. The summed E-state index contributed by atoms with van der Waals surface area (Å²) in [6.45, 7) is 6.37. The maximum Gasteiger partial charge on any atom is 0.240 e. The van der Waals surface area contributed by atoms with Gasteiger partial charge >= 0.3 is 0 Å². The molecule has 0 aliphatic rings. The molecule has 0 fully saturated rings. The van der Waals surface area contributed by atoms with Crippen molar-refractivity contribution < 1.29 is 8.42 Å². The summed E-state index contributed by atoms with van der Waals surface area (Å²) in [5.41, 5.74) is 3.83. The highest BCUT2D eigenvalue weighted by Gasteiger charge is 2.14. The van der Waals surface area contributed by atoms with Gasteiger partial charge in [-0.05, 0) is 50.6 Å². The second-order valence-electron chi connectivity index (χ2n) is 6.21. The van der Waals surface area contributed by atoms with E-state index in [2.05, 4.69) is 28.1 Å². The third-order valence-corrected chi connectivity index (χ3v) is 5.41. The summed E-state index contributed by atoms with van der Waals surface area (Å²) in [5, 5.41) is 0. The molecular weight excluding hydrogens is 322 g/mol. The molecule has 126 valence electrons. The number of nitrogens with zero attached hydrogens (tertiary/aromatic N) is 2. The Kier molecular flexibility index (Phi) is 4.43. The van der Waals surface area contributed by atoms with Crippen LogP contribution in [-0.2, 0) is 16.6 Å². The van der Waals surface area contributed by atoms with Crippen LogP contribution in [0.4, 0.5) is 0 Å². The highest BCUT2D eigenvalue weighted by atomic mass is 32.2. The second kappa shape index (κ2) is 6.37. The van der Waals surface area contributed by atoms with E-state index >= 15 is 0 Å². The Morgan fingerprint density at radius 2 is 1.83 bits per heavy atom. The number of benzene rings is 2. The Morgan fingerprint density at radius 3 is 2.50 bits per heavy atom. The highest BCUT2D eigenvalue weighted by molar-refractivity contribution is 7.89. The molecular formula is C18H21N3O2S. The zero-order chi connectivity index (χ0) is 17.3. The molecule has 3 rings (SSSR count). The highest BCUT2D eigenvalue weighted by Crippen LogP contribution is 2.19. The lowest BCUT2D eigenvalue weighted by Gasteiger charge is -2.09. The van der Waals surface area contributed by atoms with Gasteiger partial charge < -0.3 is 4.57 Å². The molecule has 0 amide bonds. The zero-order valence-electron chi connectivity index (χ0n) is 14.0. The molecule has 1 aromatic heterocycles. The molecule has 6 heteroatoms. The number of fused-ring (bicyclic) bond motifs is 1. The van der Waals surface area contributed by atoms with Crippen molar-refractivity contribution >= 4 is 21.1 Å². The molecule has 0 aliphatic carbocycles. The summed E-state index contributed by atoms with van der Waals surface area (Å²) in [5.74, 6) is 0. The van der Waals surface area contributed by atoms with E-state index < -0.39 is 10.0 Å². The number of sulfonamides is 1. The predicted octanol–water partition coefficient (Wildman–Crippen LogP) is 3.40. The van der Waals surface area contributed by atoms with Crippen molar-refractivity contribution in [3.8, 4) is 0 Å². The van der Waals surface area contributed by atoms with Crippen molar-refractivity contribution in [2.24, 2.45) is 0 Å². The van der Waals surface area contributed by atoms with Gasteiger partial charge in [-0.2, -0.15) is 0 Å². The molecule has 5 nitrogen and oxygen atoms in total. The van der Waals surface area contributed by atoms with Gasteiger partial charge in [-0.3, -0.25) is 0 Å². The van der Waals surface area contributed by atoms with Gasteiger partial charge in [0.1, 0.15) is 0 Å². The molecule has 0 saturated carbocycles. The molecule has 0 bridgehead atoms. The van der Waals surface area contributed by atoms with E-state index in [9.17, 15) is 8.42 Å². The van der Waals surface area contributed by atoms with Gasteiger partial charge in [0.15, 0.2) is 0 Å². The van der Waals surface area contributed by atoms with Crippen LogP contribution in [-0.4, -0.2) is 18.0 Å². The maximum absolute atomic E-state index is 12.3. The SMILES string of the molecule is Cc1ccc(S(=O)(=O)NCc2ccc3c(c2)ncn3C(C)C)cc1.